The second-order valence-corrected chi connectivity index (χ2v) is 11.1. The number of aromatic hydroxyl groups is 1. The molecule has 1 aromatic rings. The minimum Gasteiger partial charge on any atom is -0.508 e. The summed E-state index contributed by atoms with van der Waals surface area (Å²) in [7, 11) is 0. The molecule has 1 aliphatic rings. The van der Waals surface area contributed by atoms with E-state index >= 15 is 0 Å². The molecule has 1 aromatic carbocycles. The van der Waals surface area contributed by atoms with Crippen LogP contribution in [0.25, 0.3) is 0 Å². The molecular weight excluding hydrogens is 532 g/mol. The van der Waals surface area contributed by atoms with E-state index in [1.54, 1.807) is 12.1 Å². The minimum absolute atomic E-state index is 0.00207. The van der Waals surface area contributed by atoms with Crippen LogP contribution < -0.4 is 11.1 Å². The molecule has 0 saturated heterocycles. The molecule has 2 rings (SSSR count). The molecule has 6 nitrogen and oxygen atoms in total. The molecule has 1 fully saturated rings. The largest absolute Gasteiger partial charge is 0.508 e. The van der Waals surface area contributed by atoms with Crippen molar-refractivity contribution in [2.75, 3.05) is 6.54 Å². The number of aliphatic imine (C=N–C) groups is 1. The summed E-state index contributed by atoms with van der Waals surface area (Å²) in [6, 6.07) is 6.94. The normalized spacial score (nSPS) is 16.4. The maximum absolute atomic E-state index is 12.5. The van der Waals surface area contributed by atoms with Gasteiger partial charge in [0.1, 0.15) is 5.75 Å². The molecule has 0 heterocycles. The zero-order chi connectivity index (χ0) is 32.5. The van der Waals surface area contributed by atoms with Crippen molar-refractivity contribution in [2.45, 2.75) is 124 Å². The van der Waals surface area contributed by atoms with Gasteiger partial charge in [-0.3, -0.25) is 9.79 Å². The number of unbranched alkanes of at least 4 members (excludes halogenated alkanes) is 4. The second-order valence-electron chi connectivity index (χ2n) is 11.1. The Bertz CT molecular complexity index is 1100. The summed E-state index contributed by atoms with van der Waals surface area (Å²) in [4.78, 5) is 16.9. The van der Waals surface area contributed by atoms with Crippen LogP contribution in [0.1, 0.15) is 129 Å². The van der Waals surface area contributed by atoms with Gasteiger partial charge in [0, 0.05) is 18.5 Å². The number of hydrogen-bond donors (Lipinski definition) is 3. The zero-order valence-electron chi connectivity index (χ0n) is 27.8. The average molecular weight is 591 g/mol. The third-order valence-electron chi connectivity index (χ3n) is 6.91. The number of nitrogens with zero attached hydrogens (tertiary/aromatic N) is 2. The number of nitrogens with one attached hydrogen (secondary N) is 1. The van der Waals surface area contributed by atoms with Crippen molar-refractivity contribution in [3.8, 4) is 11.8 Å². The molecule has 0 spiro atoms. The number of carbonyl (C=O) groups excluding carboxylic acids is 1. The number of nitriles is 1. The number of carbonyl (C=O) groups is 1. The minimum atomic E-state index is -0.255. The third kappa shape index (κ3) is 17.9. The molecule has 0 aliphatic heterocycles. The fourth-order valence-corrected chi connectivity index (χ4v) is 4.39. The highest BCUT2D eigenvalue weighted by atomic mass is 16.3. The van der Waals surface area contributed by atoms with Gasteiger partial charge in [-0.1, -0.05) is 96.9 Å². The summed E-state index contributed by atoms with van der Waals surface area (Å²) in [5, 5.41) is 21.9. The molecule has 0 bridgehead atoms. The number of nitrogens with two attached hydrogens (primary N) is 1. The van der Waals surface area contributed by atoms with Gasteiger partial charge in [-0.2, -0.15) is 5.26 Å². The predicted molar refractivity (Wildman–Crippen MR) is 184 cm³/mol. The van der Waals surface area contributed by atoms with Crippen LogP contribution in [-0.4, -0.2) is 29.8 Å². The van der Waals surface area contributed by atoms with E-state index in [0.717, 1.165) is 30.4 Å². The van der Waals surface area contributed by atoms with Crippen molar-refractivity contribution in [1.82, 2.24) is 5.32 Å². The van der Waals surface area contributed by atoms with Crippen molar-refractivity contribution < 1.29 is 9.90 Å². The van der Waals surface area contributed by atoms with Crippen molar-refractivity contribution in [1.29, 1.82) is 5.26 Å². The summed E-state index contributed by atoms with van der Waals surface area (Å²) < 4.78 is 0. The van der Waals surface area contributed by atoms with E-state index in [2.05, 4.69) is 82.7 Å². The van der Waals surface area contributed by atoms with E-state index in [0.29, 0.717) is 30.5 Å². The first-order chi connectivity index (χ1) is 20.7. The fraction of sp³-hybridized carbons (Fsp3) is 0.541. The Balaban J connectivity index is 0.00000123. The monoisotopic (exact) mass is 590 g/mol. The van der Waals surface area contributed by atoms with Crippen molar-refractivity contribution in [3.63, 3.8) is 0 Å². The van der Waals surface area contributed by atoms with Gasteiger partial charge in [0.2, 0.25) is 0 Å². The Kier molecular flexibility index (Phi) is 22.9. The summed E-state index contributed by atoms with van der Waals surface area (Å²) in [6.45, 7) is 17.1. The molecule has 0 unspecified atom stereocenters. The van der Waals surface area contributed by atoms with E-state index < -0.39 is 0 Å². The van der Waals surface area contributed by atoms with Crippen LogP contribution in [0, 0.1) is 11.3 Å². The van der Waals surface area contributed by atoms with Crippen LogP contribution in [0.4, 0.5) is 0 Å². The molecule has 4 N–H and O–H groups in total. The molecular formula is C37H58N4O2. The summed E-state index contributed by atoms with van der Waals surface area (Å²) >= 11 is 0. The maximum atomic E-state index is 12.5. The Labute approximate surface area is 262 Å². The first-order valence-corrected chi connectivity index (χ1v) is 16.2. The Morgan fingerprint density at radius 3 is 2.30 bits per heavy atom. The number of phenolic OH excluding ortho intramolecular Hbond substituents is 1. The lowest BCUT2D eigenvalue weighted by molar-refractivity contribution is -0.118. The number of amides is 1. The Hall–Kier alpha value is -3.59. The topological polar surface area (TPSA) is 112 Å². The molecule has 1 amide bonds. The first kappa shape index (κ1) is 39.4. The summed E-state index contributed by atoms with van der Waals surface area (Å²) in [5.41, 5.74) is 9.78. The van der Waals surface area contributed by atoms with Gasteiger partial charge in [0.15, 0.2) is 0 Å². The highest BCUT2D eigenvalue weighted by Crippen LogP contribution is 2.39. The van der Waals surface area contributed by atoms with Gasteiger partial charge in [-0.15, -0.1) is 6.58 Å². The number of hydrogen-bond acceptors (Lipinski definition) is 5. The van der Waals surface area contributed by atoms with E-state index in [1.807, 2.05) is 0 Å². The lowest BCUT2D eigenvalue weighted by Crippen LogP contribution is -2.44. The van der Waals surface area contributed by atoms with Gasteiger partial charge in [-0.05, 0) is 74.3 Å². The van der Waals surface area contributed by atoms with Gasteiger partial charge in [-0.25, -0.2) is 0 Å². The highest BCUT2D eigenvalue weighted by molar-refractivity contribution is 6.12. The molecule has 0 aromatic heterocycles. The van der Waals surface area contributed by atoms with E-state index in [9.17, 15) is 15.2 Å². The molecule has 0 atom stereocenters. The standard InChI is InChI=1S/C25H32N4O2.C6H12.C6H14/c1-3-5-7-18(8-6-4-2)16-28-17-21(15-27)25(31)29-22-11-20(12-22)24-13-23(30)10-9-19(24)14-26;1-4-5-6(2)3;1-3-5-6-4-2/h5,7-10,13,15,17,20,22,30H,3-4,6,11-12,16,27H2,1-2H3,(H,29,31);2,4-5H2,1,3H3;3-6H2,1-2H3/b7-5+,18-8+,21-15+,28-17?;;. The lowest BCUT2D eigenvalue weighted by Gasteiger charge is -2.36. The van der Waals surface area contributed by atoms with Crippen molar-refractivity contribution >= 4 is 12.1 Å². The second kappa shape index (κ2) is 25.0. The van der Waals surface area contributed by atoms with Gasteiger partial charge in [0.25, 0.3) is 5.91 Å². The fourth-order valence-electron chi connectivity index (χ4n) is 4.39. The van der Waals surface area contributed by atoms with Gasteiger partial charge in [0.05, 0.1) is 23.8 Å². The van der Waals surface area contributed by atoms with Crippen LogP contribution in [0.2, 0.25) is 0 Å². The predicted octanol–water partition coefficient (Wildman–Crippen LogP) is 9.18. The Morgan fingerprint density at radius 2 is 1.81 bits per heavy atom. The number of allylic oxidation sites excluding steroid dienone is 3. The van der Waals surface area contributed by atoms with E-state index in [4.69, 9.17) is 5.73 Å². The SMILES string of the molecule is C=C(C)CCC.CC/C=C/C(=C\CCC)CN=C/C(=C\N)C(=O)NC1CC(c2cc(O)ccc2C#N)C1.CCCCCC. The van der Waals surface area contributed by atoms with Crippen LogP contribution >= 0.6 is 0 Å². The maximum Gasteiger partial charge on any atom is 0.254 e. The van der Waals surface area contributed by atoms with Crippen LogP contribution in [0.15, 0.2) is 70.9 Å². The number of rotatable bonds is 15. The van der Waals surface area contributed by atoms with Crippen LogP contribution in [0.5, 0.6) is 5.75 Å². The first-order valence-electron chi connectivity index (χ1n) is 16.2. The molecule has 0 radical (unpaired) electrons. The van der Waals surface area contributed by atoms with E-state index in [-0.39, 0.29) is 23.6 Å². The van der Waals surface area contributed by atoms with Crippen molar-refractivity contribution in [3.05, 3.63) is 77.1 Å². The van der Waals surface area contributed by atoms with Crippen molar-refractivity contribution in [2.24, 2.45) is 10.7 Å². The van der Waals surface area contributed by atoms with Gasteiger partial charge < -0.3 is 16.2 Å². The average Bonchev–Trinajstić information content (AvgIpc) is 2.97. The smallest absolute Gasteiger partial charge is 0.254 e. The van der Waals surface area contributed by atoms with Gasteiger partial charge >= 0.3 is 0 Å². The molecule has 238 valence electrons. The van der Waals surface area contributed by atoms with Crippen LogP contribution in [-0.2, 0) is 4.79 Å². The summed E-state index contributed by atoms with van der Waals surface area (Å²) in [5.74, 6) is 0.0316. The molecule has 1 saturated carbocycles. The lowest BCUT2D eigenvalue weighted by atomic mass is 9.74. The Morgan fingerprint density at radius 1 is 1.14 bits per heavy atom. The highest BCUT2D eigenvalue weighted by Gasteiger charge is 2.33. The molecule has 1 aliphatic carbocycles. The van der Waals surface area contributed by atoms with Crippen LogP contribution in [0.3, 0.4) is 0 Å². The quantitative estimate of drug-likeness (QED) is 0.0621. The van der Waals surface area contributed by atoms with E-state index in [1.165, 1.54) is 62.6 Å². The zero-order valence-corrected chi connectivity index (χ0v) is 27.8. The number of phenols is 1. The number of benzene rings is 1. The summed E-state index contributed by atoms with van der Waals surface area (Å²) in [6.07, 6.45) is 21.5. The molecule has 43 heavy (non-hydrogen) atoms. The molecule has 6 heteroatoms. The third-order valence-corrected chi connectivity index (χ3v) is 6.91.